The van der Waals surface area contributed by atoms with Crippen LogP contribution in [0.25, 0.3) is 0 Å². The Labute approximate surface area is 123 Å². The molecule has 0 unspecified atom stereocenters. The molecule has 0 spiro atoms. The second-order valence-electron chi connectivity index (χ2n) is 3.82. The van der Waals surface area contributed by atoms with Crippen molar-refractivity contribution in [3.63, 3.8) is 0 Å². The summed E-state index contributed by atoms with van der Waals surface area (Å²) in [5, 5.41) is 0. The second kappa shape index (κ2) is 10.2. The van der Waals surface area contributed by atoms with Crippen LogP contribution < -0.4 is 0 Å². The van der Waals surface area contributed by atoms with Crippen molar-refractivity contribution in [2.24, 2.45) is 0 Å². The molecule has 0 bridgehead atoms. The molecule has 6 nitrogen and oxygen atoms in total. The molecule has 0 aliphatic carbocycles. The van der Waals surface area contributed by atoms with Crippen molar-refractivity contribution in [1.29, 1.82) is 0 Å². The Bertz CT molecular complexity index is 447. The van der Waals surface area contributed by atoms with Gasteiger partial charge in [-0.25, -0.2) is 14.4 Å². The van der Waals surface area contributed by atoms with Gasteiger partial charge < -0.3 is 14.2 Å². The van der Waals surface area contributed by atoms with E-state index in [2.05, 4.69) is 19.7 Å². The van der Waals surface area contributed by atoms with Gasteiger partial charge in [0, 0.05) is 23.8 Å². The van der Waals surface area contributed by atoms with E-state index in [-0.39, 0.29) is 19.8 Å². The third-order valence-corrected chi connectivity index (χ3v) is 2.31. The molecule has 0 saturated carbocycles. The first-order valence-corrected chi connectivity index (χ1v) is 5.99. The van der Waals surface area contributed by atoms with Crippen LogP contribution in [0.1, 0.15) is 6.92 Å². The summed E-state index contributed by atoms with van der Waals surface area (Å²) in [5.74, 6) is -1.81. The fourth-order valence-corrected chi connectivity index (χ4v) is 1.06. The molecule has 21 heavy (non-hydrogen) atoms. The number of hydrogen-bond acceptors (Lipinski definition) is 6. The van der Waals surface area contributed by atoms with Crippen molar-refractivity contribution in [3.8, 4) is 0 Å². The molecule has 0 heterocycles. The maximum absolute atomic E-state index is 11.1. The molecule has 6 heteroatoms. The molecule has 0 atom stereocenters. The first-order valence-electron chi connectivity index (χ1n) is 5.99. The predicted molar refractivity (Wildman–Crippen MR) is 76.2 cm³/mol. The molecule has 0 rings (SSSR count). The molecule has 0 aliphatic rings. The van der Waals surface area contributed by atoms with Crippen molar-refractivity contribution in [2.75, 3.05) is 19.8 Å². The number of esters is 3. The van der Waals surface area contributed by atoms with Gasteiger partial charge in [0.05, 0.1) is 0 Å². The maximum Gasteiger partial charge on any atom is 0.330 e. The monoisotopic (exact) mass is 294 g/mol. The Hall–Kier alpha value is -2.63. The zero-order chi connectivity index (χ0) is 16.3. The van der Waals surface area contributed by atoms with Gasteiger partial charge in [-0.3, -0.25) is 0 Å². The highest BCUT2D eigenvalue weighted by Gasteiger charge is 2.10. The summed E-state index contributed by atoms with van der Waals surface area (Å²) in [6, 6.07) is 0. The molecule has 0 aromatic heterocycles. The summed E-state index contributed by atoms with van der Waals surface area (Å²) >= 11 is 0. The average molecular weight is 294 g/mol. The Balaban J connectivity index is 4.79. The van der Waals surface area contributed by atoms with Crippen LogP contribution in [0.3, 0.4) is 0 Å². The SMILES string of the molecule is C=CC(=O)OCC(C)=C(COC(=O)C=C)COC(=O)C=C. The zero-order valence-electron chi connectivity index (χ0n) is 11.9. The molecule has 0 fully saturated rings. The molecule has 0 aromatic rings. The van der Waals surface area contributed by atoms with E-state index in [4.69, 9.17) is 14.2 Å². The fraction of sp³-hybridized carbons (Fsp3) is 0.267. The lowest BCUT2D eigenvalue weighted by Gasteiger charge is -2.12. The molecule has 0 aromatic carbocycles. The van der Waals surface area contributed by atoms with Crippen molar-refractivity contribution in [2.45, 2.75) is 6.92 Å². The highest BCUT2D eigenvalue weighted by molar-refractivity contribution is 5.82. The third kappa shape index (κ3) is 8.20. The highest BCUT2D eigenvalue weighted by atomic mass is 16.5. The van der Waals surface area contributed by atoms with Gasteiger partial charge >= 0.3 is 17.9 Å². The summed E-state index contributed by atoms with van der Waals surface area (Å²) in [5.41, 5.74) is 1.09. The summed E-state index contributed by atoms with van der Waals surface area (Å²) in [7, 11) is 0. The smallest absolute Gasteiger partial charge is 0.330 e. The number of carbonyl (C=O) groups excluding carboxylic acids is 3. The van der Waals surface area contributed by atoms with Crippen LogP contribution in [0.5, 0.6) is 0 Å². The van der Waals surface area contributed by atoms with Crippen LogP contribution in [0, 0.1) is 0 Å². The van der Waals surface area contributed by atoms with Gasteiger partial charge in [0.2, 0.25) is 0 Å². The van der Waals surface area contributed by atoms with Gasteiger partial charge in [-0.1, -0.05) is 19.7 Å². The van der Waals surface area contributed by atoms with E-state index in [9.17, 15) is 14.4 Å². The number of hydrogen-bond donors (Lipinski definition) is 0. The molecule has 0 aliphatic heterocycles. The Morgan fingerprint density at radius 3 is 1.43 bits per heavy atom. The zero-order valence-corrected chi connectivity index (χ0v) is 11.9. The van der Waals surface area contributed by atoms with E-state index in [1.807, 2.05) is 0 Å². The van der Waals surface area contributed by atoms with Gasteiger partial charge in [0.1, 0.15) is 19.8 Å². The van der Waals surface area contributed by atoms with E-state index >= 15 is 0 Å². The molecule has 0 N–H and O–H groups in total. The summed E-state index contributed by atoms with van der Waals surface area (Å²) < 4.78 is 14.6. The lowest BCUT2D eigenvalue weighted by Crippen LogP contribution is -2.15. The quantitative estimate of drug-likeness (QED) is 0.277. The number of rotatable bonds is 9. The normalized spacial score (nSPS) is 9.00. The Morgan fingerprint density at radius 2 is 1.10 bits per heavy atom. The number of ether oxygens (including phenoxy) is 3. The van der Waals surface area contributed by atoms with Crippen LogP contribution in [0.2, 0.25) is 0 Å². The second-order valence-corrected chi connectivity index (χ2v) is 3.82. The standard InChI is InChI=1S/C15H18O6/c1-5-13(16)19-8-11(4)12(9-20-14(17)6-2)10-21-15(18)7-3/h5-7H,1-3,8-10H2,4H3. The highest BCUT2D eigenvalue weighted by Crippen LogP contribution is 2.08. The predicted octanol–water partition coefficient (Wildman–Crippen LogP) is 1.49. The van der Waals surface area contributed by atoms with Gasteiger partial charge in [-0.2, -0.15) is 0 Å². The van der Waals surface area contributed by atoms with Crippen LogP contribution in [0.15, 0.2) is 49.1 Å². The van der Waals surface area contributed by atoms with E-state index in [0.717, 1.165) is 18.2 Å². The first-order chi connectivity index (χ1) is 9.94. The van der Waals surface area contributed by atoms with E-state index < -0.39 is 17.9 Å². The Kier molecular flexibility index (Phi) is 8.92. The minimum absolute atomic E-state index is 0.0303. The summed E-state index contributed by atoms with van der Waals surface area (Å²) in [6.07, 6.45) is 3.06. The molecular formula is C15H18O6. The lowest BCUT2D eigenvalue weighted by atomic mass is 10.1. The van der Waals surface area contributed by atoms with Gasteiger partial charge in [0.15, 0.2) is 0 Å². The Morgan fingerprint density at radius 1 is 0.762 bits per heavy atom. The largest absolute Gasteiger partial charge is 0.458 e. The van der Waals surface area contributed by atoms with Crippen LogP contribution in [-0.4, -0.2) is 37.7 Å². The van der Waals surface area contributed by atoms with Crippen molar-refractivity contribution < 1.29 is 28.6 Å². The molecular weight excluding hydrogens is 276 g/mol. The minimum atomic E-state index is -0.613. The average Bonchev–Trinajstić information content (AvgIpc) is 2.51. The van der Waals surface area contributed by atoms with E-state index in [0.29, 0.717) is 11.1 Å². The van der Waals surface area contributed by atoms with Crippen molar-refractivity contribution >= 4 is 17.9 Å². The van der Waals surface area contributed by atoms with E-state index in [1.165, 1.54) is 0 Å². The van der Waals surface area contributed by atoms with Crippen LogP contribution >= 0.6 is 0 Å². The molecule has 114 valence electrons. The third-order valence-electron chi connectivity index (χ3n) is 2.31. The topological polar surface area (TPSA) is 78.9 Å². The van der Waals surface area contributed by atoms with Crippen LogP contribution in [-0.2, 0) is 28.6 Å². The molecule has 0 saturated heterocycles. The van der Waals surface area contributed by atoms with Crippen molar-refractivity contribution in [3.05, 3.63) is 49.1 Å². The maximum atomic E-state index is 11.1. The fourth-order valence-electron chi connectivity index (χ4n) is 1.06. The summed E-state index contributed by atoms with van der Waals surface area (Å²) in [4.78, 5) is 33.1. The first kappa shape index (κ1) is 18.4. The van der Waals surface area contributed by atoms with Crippen molar-refractivity contribution in [1.82, 2.24) is 0 Å². The number of carbonyl (C=O) groups is 3. The lowest BCUT2D eigenvalue weighted by molar-refractivity contribution is -0.139. The van der Waals surface area contributed by atoms with Crippen LogP contribution in [0.4, 0.5) is 0 Å². The van der Waals surface area contributed by atoms with Gasteiger partial charge in [-0.05, 0) is 12.5 Å². The van der Waals surface area contributed by atoms with Gasteiger partial charge in [-0.15, -0.1) is 0 Å². The van der Waals surface area contributed by atoms with E-state index in [1.54, 1.807) is 6.92 Å². The summed E-state index contributed by atoms with van der Waals surface area (Å²) in [6.45, 7) is 11.2. The minimum Gasteiger partial charge on any atom is -0.458 e. The molecule has 0 radical (unpaired) electrons. The molecule has 0 amide bonds. The van der Waals surface area contributed by atoms with Gasteiger partial charge in [0.25, 0.3) is 0 Å².